The molecule has 0 aliphatic rings. The van der Waals surface area contributed by atoms with Gasteiger partial charge in [-0.3, -0.25) is 0 Å². The molecule has 0 amide bonds. The zero-order valence-electron chi connectivity index (χ0n) is 10.3. The summed E-state index contributed by atoms with van der Waals surface area (Å²) in [5, 5.41) is 17.7. The van der Waals surface area contributed by atoms with Gasteiger partial charge in [0.15, 0.2) is 0 Å². The van der Waals surface area contributed by atoms with Crippen molar-refractivity contribution < 1.29 is 5.11 Å². The average Bonchev–Trinajstić information content (AvgIpc) is 2.29. The van der Waals surface area contributed by atoms with Crippen molar-refractivity contribution in [3.63, 3.8) is 0 Å². The number of nitrogens with zero attached hydrogens (tertiary/aromatic N) is 2. The van der Waals surface area contributed by atoms with Crippen LogP contribution in [0.4, 0.5) is 11.4 Å². The van der Waals surface area contributed by atoms with E-state index in [1.807, 2.05) is 12.1 Å². The maximum absolute atomic E-state index is 8.89. The summed E-state index contributed by atoms with van der Waals surface area (Å²) in [6, 6.07) is 7.82. The van der Waals surface area contributed by atoms with Gasteiger partial charge in [0.2, 0.25) is 0 Å². The molecule has 0 saturated carbocycles. The van der Waals surface area contributed by atoms with Gasteiger partial charge in [0, 0.05) is 24.9 Å². The minimum absolute atomic E-state index is 0.176. The van der Waals surface area contributed by atoms with Crippen LogP contribution in [0.25, 0.3) is 0 Å². The number of anilines is 2. The predicted octanol–water partition coefficient (Wildman–Crippen LogP) is 1.74. The third-order valence-electron chi connectivity index (χ3n) is 2.67. The Morgan fingerprint density at radius 2 is 2.18 bits per heavy atom. The molecule has 4 heteroatoms. The van der Waals surface area contributed by atoms with Gasteiger partial charge in [-0.05, 0) is 38.5 Å². The van der Waals surface area contributed by atoms with Crippen LogP contribution in [0.15, 0.2) is 18.2 Å². The Morgan fingerprint density at radius 3 is 2.65 bits per heavy atom. The van der Waals surface area contributed by atoms with E-state index in [4.69, 9.17) is 16.1 Å². The van der Waals surface area contributed by atoms with Crippen molar-refractivity contribution in [2.75, 3.05) is 23.8 Å². The van der Waals surface area contributed by atoms with Crippen LogP contribution in [0.5, 0.6) is 0 Å². The molecule has 0 aliphatic heterocycles. The minimum atomic E-state index is 0.176. The first-order valence-corrected chi connectivity index (χ1v) is 5.77. The van der Waals surface area contributed by atoms with Crippen LogP contribution in [0.2, 0.25) is 0 Å². The molecule has 3 N–H and O–H groups in total. The van der Waals surface area contributed by atoms with Crippen LogP contribution in [0.3, 0.4) is 0 Å². The van der Waals surface area contributed by atoms with Crippen LogP contribution < -0.4 is 10.6 Å². The molecule has 0 aliphatic carbocycles. The molecule has 0 unspecified atom stereocenters. The maximum atomic E-state index is 8.89. The highest BCUT2D eigenvalue weighted by Gasteiger charge is 2.11. The van der Waals surface area contributed by atoms with Crippen LogP contribution >= 0.6 is 0 Å². The normalized spacial score (nSPS) is 10.3. The van der Waals surface area contributed by atoms with E-state index in [9.17, 15) is 0 Å². The van der Waals surface area contributed by atoms with Gasteiger partial charge in [-0.15, -0.1) is 0 Å². The Kier molecular flexibility index (Phi) is 4.80. The molecule has 4 nitrogen and oxygen atoms in total. The van der Waals surface area contributed by atoms with E-state index in [0.717, 1.165) is 18.7 Å². The number of aliphatic hydroxyl groups excluding tert-OH is 1. The number of nitriles is 1. The van der Waals surface area contributed by atoms with Crippen molar-refractivity contribution in [2.45, 2.75) is 26.3 Å². The standard InChI is InChI=1S/C13H19N3O/c1-10(2)16(6-3-7-17)12-5-4-11(9-14)13(15)8-12/h4-5,8,10,17H,3,6-7,15H2,1-2H3. The monoisotopic (exact) mass is 233 g/mol. The lowest BCUT2D eigenvalue weighted by molar-refractivity contribution is 0.288. The topological polar surface area (TPSA) is 73.3 Å². The molecule has 17 heavy (non-hydrogen) atoms. The summed E-state index contributed by atoms with van der Waals surface area (Å²) in [5.41, 5.74) is 7.79. The van der Waals surface area contributed by atoms with Crippen molar-refractivity contribution in [3.8, 4) is 6.07 Å². The highest BCUT2D eigenvalue weighted by molar-refractivity contribution is 5.63. The second-order valence-electron chi connectivity index (χ2n) is 4.25. The van der Waals surface area contributed by atoms with Crippen LogP contribution in [0.1, 0.15) is 25.8 Å². The summed E-state index contributed by atoms with van der Waals surface area (Å²) >= 11 is 0. The lowest BCUT2D eigenvalue weighted by Crippen LogP contribution is -2.32. The third-order valence-corrected chi connectivity index (χ3v) is 2.67. The van der Waals surface area contributed by atoms with Crippen molar-refractivity contribution in [3.05, 3.63) is 23.8 Å². The second kappa shape index (κ2) is 6.12. The zero-order valence-corrected chi connectivity index (χ0v) is 10.3. The van der Waals surface area contributed by atoms with E-state index >= 15 is 0 Å². The average molecular weight is 233 g/mol. The zero-order chi connectivity index (χ0) is 12.8. The van der Waals surface area contributed by atoms with E-state index in [2.05, 4.69) is 24.8 Å². The van der Waals surface area contributed by atoms with E-state index in [1.165, 1.54) is 0 Å². The smallest absolute Gasteiger partial charge is 0.101 e. The minimum Gasteiger partial charge on any atom is -0.398 e. The largest absolute Gasteiger partial charge is 0.398 e. The summed E-state index contributed by atoms with van der Waals surface area (Å²) in [7, 11) is 0. The summed E-state index contributed by atoms with van der Waals surface area (Å²) < 4.78 is 0. The highest BCUT2D eigenvalue weighted by atomic mass is 16.3. The fraction of sp³-hybridized carbons (Fsp3) is 0.462. The Labute approximate surface area is 102 Å². The van der Waals surface area contributed by atoms with Crippen molar-refractivity contribution in [2.24, 2.45) is 0 Å². The van der Waals surface area contributed by atoms with Gasteiger partial charge in [-0.25, -0.2) is 0 Å². The molecule has 0 heterocycles. The maximum Gasteiger partial charge on any atom is 0.101 e. The first-order chi connectivity index (χ1) is 8.10. The quantitative estimate of drug-likeness (QED) is 0.760. The second-order valence-corrected chi connectivity index (χ2v) is 4.25. The fourth-order valence-electron chi connectivity index (χ4n) is 1.76. The first kappa shape index (κ1) is 13.3. The van der Waals surface area contributed by atoms with Gasteiger partial charge in [0.1, 0.15) is 6.07 Å². The lowest BCUT2D eigenvalue weighted by Gasteiger charge is -2.29. The van der Waals surface area contributed by atoms with Gasteiger partial charge < -0.3 is 15.7 Å². The Hall–Kier alpha value is -1.73. The fourth-order valence-corrected chi connectivity index (χ4v) is 1.76. The molecule has 92 valence electrons. The number of hydrogen-bond donors (Lipinski definition) is 2. The van der Waals surface area contributed by atoms with Crippen LogP contribution in [-0.2, 0) is 0 Å². The molecular formula is C13H19N3O. The van der Waals surface area contributed by atoms with Crippen molar-refractivity contribution in [1.29, 1.82) is 5.26 Å². The molecule has 0 saturated heterocycles. The van der Waals surface area contributed by atoms with E-state index < -0.39 is 0 Å². The predicted molar refractivity (Wildman–Crippen MR) is 69.8 cm³/mol. The number of benzene rings is 1. The van der Waals surface area contributed by atoms with E-state index in [1.54, 1.807) is 6.07 Å². The van der Waals surface area contributed by atoms with Gasteiger partial charge in [-0.1, -0.05) is 0 Å². The summed E-state index contributed by atoms with van der Waals surface area (Å²) in [6.07, 6.45) is 0.720. The number of aliphatic hydroxyl groups is 1. The summed E-state index contributed by atoms with van der Waals surface area (Å²) in [5.74, 6) is 0. The van der Waals surface area contributed by atoms with Crippen LogP contribution in [0, 0.1) is 11.3 Å². The number of nitrogens with two attached hydrogens (primary N) is 1. The number of nitrogen functional groups attached to an aromatic ring is 1. The molecule has 0 atom stereocenters. The van der Waals surface area contributed by atoms with Crippen molar-refractivity contribution >= 4 is 11.4 Å². The lowest BCUT2D eigenvalue weighted by atomic mass is 10.1. The van der Waals surface area contributed by atoms with E-state index in [0.29, 0.717) is 17.3 Å². The number of rotatable bonds is 5. The summed E-state index contributed by atoms with van der Waals surface area (Å²) in [4.78, 5) is 2.16. The van der Waals surface area contributed by atoms with Gasteiger partial charge in [-0.2, -0.15) is 5.26 Å². The number of hydrogen-bond acceptors (Lipinski definition) is 4. The molecule has 0 radical (unpaired) electrons. The first-order valence-electron chi connectivity index (χ1n) is 5.77. The molecule has 1 aromatic rings. The SMILES string of the molecule is CC(C)N(CCCO)c1ccc(C#N)c(N)c1. The van der Waals surface area contributed by atoms with Crippen molar-refractivity contribution in [1.82, 2.24) is 0 Å². The highest BCUT2D eigenvalue weighted by Crippen LogP contribution is 2.22. The third kappa shape index (κ3) is 3.36. The van der Waals surface area contributed by atoms with Gasteiger partial charge in [0.05, 0.1) is 11.3 Å². The van der Waals surface area contributed by atoms with E-state index in [-0.39, 0.29) is 6.61 Å². The van der Waals surface area contributed by atoms with Crippen LogP contribution in [-0.4, -0.2) is 24.3 Å². The Bertz CT molecular complexity index is 410. The Balaban J connectivity index is 2.95. The molecule has 0 spiro atoms. The summed E-state index contributed by atoms with van der Waals surface area (Å²) in [6.45, 7) is 5.13. The molecule has 0 aromatic heterocycles. The molecule has 0 fully saturated rings. The van der Waals surface area contributed by atoms with Gasteiger partial charge in [0.25, 0.3) is 0 Å². The molecule has 1 aromatic carbocycles. The Morgan fingerprint density at radius 1 is 1.47 bits per heavy atom. The molecular weight excluding hydrogens is 214 g/mol. The molecule has 0 bridgehead atoms. The molecule has 1 rings (SSSR count). The van der Waals surface area contributed by atoms with Gasteiger partial charge >= 0.3 is 0 Å².